The molecule has 4 nitrogen and oxygen atoms in total. The van der Waals surface area contributed by atoms with Crippen LogP contribution in [0.5, 0.6) is 0 Å². The zero-order valence-electron chi connectivity index (χ0n) is 8.85. The Morgan fingerprint density at radius 1 is 1.47 bits per heavy atom. The molecule has 1 aliphatic rings. The molecule has 1 heterocycles. The summed E-state index contributed by atoms with van der Waals surface area (Å²) in [6, 6.07) is 6.70. The fourth-order valence-electron chi connectivity index (χ4n) is 1.59. The van der Waals surface area contributed by atoms with Crippen LogP contribution in [0.25, 0.3) is 0 Å². The van der Waals surface area contributed by atoms with Crippen molar-refractivity contribution in [1.82, 2.24) is 10.2 Å². The van der Waals surface area contributed by atoms with Gasteiger partial charge in [-0.3, -0.25) is 0 Å². The maximum atomic E-state index is 8.60. The average Bonchev–Trinajstić information content (AvgIpc) is 3.05. The molecule has 0 unspecified atom stereocenters. The Morgan fingerprint density at radius 3 is 2.80 bits per heavy atom. The van der Waals surface area contributed by atoms with Gasteiger partial charge in [0.05, 0.1) is 18.2 Å². The van der Waals surface area contributed by atoms with Gasteiger partial charge in [0.25, 0.3) is 0 Å². The molecule has 0 atom stereocenters. The van der Waals surface area contributed by atoms with Gasteiger partial charge in [0.1, 0.15) is 0 Å². The highest BCUT2D eigenvalue weighted by Crippen LogP contribution is 2.30. The summed E-state index contributed by atoms with van der Waals surface area (Å²) in [4.78, 5) is 2.19. The zero-order valence-corrected chi connectivity index (χ0v) is 8.85. The van der Waals surface area contributed by atoms with Crippen molar-refractivity contribution in [1.29, 1.82) is 5.26 Å². The average molecular weight is 202 g/mol. The maximum Gasteiger partial charge on any atom is 0.151 e. The lowest BCUT2D eigenvalue weighted by molar-refractivity contribution is 0.762. The smallest absolute Gasteiger partial charge is 0.151 e. The molecular weight excluding hydrogens is 188 g/mol. The van der Waals surface area contributed by atoms with Crippen LogP contribution in [0.15, 0.2) is 12.1 Å². The molecule has 78 valence electrons. The van der Waals surface area contributed by atoms with E-state index in [4.69, 9.17) is 5.26 Å². The van der Waals surface area contributed by atoms with E-state index in [0.717, 1.165) is 18.1 Å². The van der Waals surface area contributed by atoms with Gasteiger partial charge in [0.2, 0.25) is 0 Å². The monoisotopic (exact) mass is 202 g/mol. The molecule has 0 radical (unpaired) electrons. The summed E-state index contributed by atoms with van der Waals surface area (Å²) in [5.74, 6) is 0.901. The van der Waals surface area contributed by atoms with Crippen LogP contribution in [-0.4, -0.2) is 22.8 Å². The highest BCUT2D eigenvalue weighted by molar-refractivity contribution is 5.40. The SMILES string of the molecule is Cc1ccc(N(CCC#N)C2CC2)nn1. The number of hydrogen-bond acceptors (Lipinski definition) is 4. The van der Waals surface area contributed by atoms with Crippen molar-refractivity contribution in [3.05, 3.63) is 17.8 Å². The molecule has 2 rings (SSSR count). The third-order valence-corrected chi connectivity index (χ3v) is 2.53. The van der Waals surface area contributed by atoms with Gasteiger partial charge in [0, 0.05) is 12.6 Å². The Morgan fingerprint density at radius 2 is 2.27 bits per heavy atom. The van der Waals surface area contributed by atoms with E-state index in [1.807, 2.05) is 19.1 Å². The van der Waals surface area contributed by atoms with Crippen LogP contribution >= 0.6 is 0 Å². The third kappa shape index (κ3) is 2.44. The van der Waals surface area contributed by atoms with Crippen molar-refractivity contribution in [2.75, 3.05) is 11.4 Å². The molecule has 1 aromatic heterocycles. The summed E-state index contributed by atoms with van der Waals surface area (Å²) in [6.07, 6.45) is 2.97. The van der Waals surface area contributed by atoms with Crippen LogP contribution < -0.4 is 4.90 Å². The summed E-state index contributed by atoms with van der Waals surface area (Å²) in [7, 11) is 0. The standard InChI is InChI=1S/C11H14N4/c1-9-3-6-11(14-13-9)15(8-2-7-12)10-4-5-10/h3,6,10H,2,4-5,8H2,1H3. The van der Waals surface area contributed by atoms with Crippen LogP contribution in [0.1, 0.15) is 25.0 Å². The topological polar surface area (TPSA) is 52.8 Å². The molecule has 0 bridgehead atoms. The maximum absolute atomic E-state index is 8.60. The number of rotatable bonds is 4. The molecule has 0 spiro atoms. The van der Waals surface area contributed by atoms with Crippen molar-refractivity contribution < 1.29 is 0 Å². The Labute approximate surface area is 89.5 Å². The third-order valence-electron chi connectivity index (χ3n) is 2.53. The van der Waals surface area contributed by atoms with Gasteiger partial charge < -0.3 is 4.90 Å². The second kappa shape index (κ2) is 4.26. The van der Waals surface area contributed by atoms with E-state index in [-0.39, 0.29) is 0 Å². The number of nitriles is 1. The molecule has 1 fully saturated rings. The zero-order chi connectivity index (χ0) is 10.7. The normalized spacial score (nSPS) is 14.7. The van der Waals surface area contributed by atoms with Crippen LogP contribution in [0.4, 0.5) is 5.82 Å². The van der Waals surface area contributed by atoms with Gasteiger partial charge in [-0.15, -0.1) is 5.10 Å². The lowest BCUT2D eigenvalue weighted by Gasteiger charge is -2.21. The van der Waals surface area contributed by atoms with E-state index in [1.165, 1.54) is 12.8 Å². The summed E-state index contributed by atoms with van der Waals surface area (Å²) in [5.41, 5.74) is 0.926. The molecule has 0 aromatic carbocycles. The van der Waals surface area contributed by atoms with E-state index >= 15 is 0 Å². The number of hydrogen-bond donors (Lipinski definition) is 0. The predicted molar refractivity (Wildman–Crippen MR) is 57.4 cm³/mol. The van der Waals surface area contributed by atoms with Gasteiger partial charge in [-0.05, 0) is 31.9 Å². The minimum atomic E-state index is 0.548. The first kappa shape index (κ1) is 9.91. The summed E-state index contributed by atoms with van der Waals surface area (Å²) >= 11 is 0. The number of nitrogens with zero attached hydrogens (tertiary/aromatic N) is 4. The summed E-state index contributed by atoms with van der Waals surface area (Å²) < 4.78 is 0. The molecule has 1 aliphatic carbocycles. The molecule has 0 aliphatic heterocycles. The van der Waals surface area contributed by atoms with Gasteiger partial charge in [-0.2, -0.15) is 10.4 Å². The minimum Gasteiger partial charge on any atom is -0.351 e. The van der Waals surface area contributed by atoms with Crippen LogP contribution in [-0.2, 0) is 0 Å². The van der Waals surface area contributed by atoms with Crippen molar-refractivity contribution in [3.63, 3.8) is 0 Å². The lowest BCUT2D eigenvalue weighted by Crippen LogP contribution is -2.27. The Bertz CT molecular complexity index is 361. The van der Waals surface area contributed by atoms with Crippen molar-refractivity contribution in [2.45, 2.75) is 32.2 Å². The quantitative estimate of drug-likeness (QED) is 0.745. The fraction of sp³-hybridized carbons (Fsp3) is 0.545. The largest absolute Gasteiger partial charge is 0.351 e. The lowest BCUT2D eigenvalue weighted by atomic mass is 10.3. The molecule has 15 heavy (non-hydrogen) atoms. The van der Waals surface area contributed by atoms with E-state index < -0.39 is 0 Å². The Hall–Kier alpha value is -1.63. The molecule has 4 heteroatoms. The van der Waals surface area contributed by atoms with Crippen molar-refractivity contribution >= 4 is 5.82 Å². The van der Waals surface area contributed by atoms with Gasteiger partial charge >= 0.3 is 0 Å². The van der Waals surface area contributed by atoms with Crippen LogP contribution in [0, 0.1) is 18.3 Å². The first-order chi connectivity index (χ1) is 7.31. The van der Waals surface area contributed by atoms with E-state index in [2.05, 4.69) is 21.2 Å². The second-order valence-electron chi connectivity index (χ2n) is 3.87. The molecule has 1 aromatic rings. The minimum absolute atomic E-state index is 0.548. The number of anilines is 1. The Kier molecular flexibility index (Phi) is 2.82. The van der Waals surface area contributed by atoms with Gasteiger partial charge in [0.15, 0.2) is 5.82 Å². The number of aromatic nitrogens is 2. The van der Waals surface area contributed by atoms with Crippen LogP contribution in [0.3, 0.4) is 0 Å². The van der Waals surface area contributed by atoms with Crippen molar-refractivity contribution in [2.24, 2.45) is 0 Å². The molecular formula is C11H14N4. The summed E-state index contributed by atoms with van der Waals surface area (Å²) in [5, 5.41) is 16.8. The molecule has 0 amide bonds. The molecule has 0 N–H and O–H groups in total. The van der Waals surface area contributed by atoms with Gasteiger partial charge in [-0.1, -0.05) is 0 Å². The fourth-order valence-corrected chi connectivity index (χ4v) is 1.59. The van der Waals surface area contributed by atoms with E-state index in [1.54, 1.807) is 0 Å². The summed E-state index contributed by atoms with van der Waals surface area (Å²) in [6.45, 7) is 2.69. The van der Waals surface area contributed by atoms with Gasteiger partial charge in [-0.25, -0.2) is 0 Å². The highest BCUT2D eigenvalue weighted by atomic mass is 15.3. The molecule has 1 saturated carbocycles. The van der Waals surface area contributed by atoms with Crippen molar-refractivity contribution in [3.8, 4) is 6.07 Å². The Balaban J connectivity index is 2.10. The van der Waals surface area contributed by atoms with Crippen LogP contribution in [0.2, 0.25) is 0 Å². The first-order valence-electron chi connectivity index (χ1n) is 5.25. The predicted octanol–water partition coefficient (Wildman–Crippen LogP) is 1.67. The highest BCUT2D eigenvalue weighted by Gasteiger charge is 2.29. The van der Waals surface area contributed by atoms with E-state index in [9.17, 15) is 0 Å². The first-order valence-corrected chi connectivity index (χ1v) is 5.25. The number of aryl methyl sites for hydroxylation is 1. The van der Waals surface area contributed by atoms with E-state index in [0.29, 0.717) is 12.5 Å². The second-order valence-corrected chi connectivity index (χ2v) is 3.87. The molecule has 0 saturated heterocycles.